The first kappa shape index (κ1) is 9.71. The van der Waals surface area contributed by atoms with Crippen molar-refractivity contribution in [2.75, 3.05) is 0 Å². The van der Waals surface area contributed by atoms with Crippen molar-refractivity contribution in [1.29, 1.82) is 0 Å². The van der Waals surface area contributed by atoms with Gasteiger partial charge in [0.1, 0.15) is 4.87 Å². The van der Waals surface area contributed by atoms with Gasteiger partial charge in [0, 0.05) is 6.04 Å². The summed E-state index contributed by atoms with van der Waals surface area (Å²) in [5, 5.41) is 9.04. The average Bonchev–Trinajstić information content (AvgIpc) is 2.32. The van der Waals surface area contributed by atoms with Gasteiger partial charge in [-0.15, -0.1) is 5.11 Å². The van der Waals surface area contributed by atoms with Gasteiger partial charge in [0.2, 0.25) is 5.17 Å². The highest BCUT2D eigenvalue weighted by Crippen LogP contribution is 2.37. The first-order valence-electron chi connectivity index (χ1n) is 4.25. The van der Waals surface area contributed by atoms with Gasteiger partial charge in [-0.2, -0.15) is 5.11 Å². The Hall–Kier alpha value is -0.380. The lowest BCUT2D eigenvalue weighted by atomic mass is 10.3. The SMILES string of the molecule is CC[C@]1(C)N=NC(=NC(C)C)S1. The molecule has 0 aromatic carbocycles. The van der Waals surface area contributed by atoms with E-state index in [1.807, 2.05) is 13.8 Å². The molecule has 0 saturated heterocycles. The smallest absolute Gasteiger partial charge is 0.206 e. The zero-order chi connectivity index (χ0) is 9.19. The predicted molar refractivity (Wildman–Crippen MR) is 53.7 cm³/mol. The van der Waals surface area contributed by atoms with Crippen molar-refractivity contribution in [3.63, 3.8) is 0 Å². The van der Waals surface area contributed by atoms with E-state index in [1.165, 1.54) is 0 Å². The molecule has 68 valence electrons. The highest BCUT2D eigenvalue weighted by molar-refractivity contribution is 8.15. The lowest BCUT2D eigenvalue weighted by Gasteiger charge is -2.12. The van der Waals surface area contributed by atoms with Crippen LogP contribution in [-0.4, -0.2) is 16.1 Å². The molecule has 1 aliphatic rings. The van der Waals surface area contributed by atoms with Gasteiger partial charge in [-0.3, -0.25) is 4.99 Å². The predicted octanol–water partition coefficient (Wildman–Crippen LogP) is 3.08. The molecule has 0 amide bonds. The molecule has 3 nitrogen and oxygen atoms in total. The minimum atomic E-state index is -0.0618. The molecule has 0 aliphatic carbocycles. The number of amidine groups is 1. The van der Waals surface area contributed by atoms with Crippen LogP contribution in [0.1, 0.15) is 34.1 Å². The molecular weight excluding hydrogens is 170 g/mol. The second-order valence-electron chi connectivity index (χ2n) is 3.34. The summed E-state index contributed by atoms with van der Waals surface area (Å²) in [7, 11) is 0. The van der Waals surface area contributed by atoms with E-state index in [1.54, 1.807) is 11.8 Å². The Morgan fingerprint density at radius 2 is 2.25 bits per heavy atom. The van der Waals surface area contributed by atoms with Crippen LogP contribution >= 0.6 is 11.8 Å². The Kier molecular flexibility index (Phi) is 2.88. The third kappa shape index (κ3) is 2.30. The molecule has 12 heavy (non-hydrogen) atoms. The molecule has 0 aromatic rings. The summed E-state index contributed by atoms with van der Waals surface area (Å²) in [6, 6.07) is 0.311. The summed E-state index contributed by atoms with van der Waals surface area (Å²) in [5.41, 5.74) is 0. The van der Waals surface area contributed by atoms with Crippen LogP contribution in [-0.2, 0) is 0 Å². The van der Waals surface area contributed by atoms with E-state index in [0.29, 0.717) is 6.04 Å². The van der Waals surface area contributed by atoms with Crippen molar-refractivity contribution < 1.29 is 0 Å². The van der Waals surface area contributed by atoms with Crippen LogP contribution in [0.4, 0.5) is 0 Å². The molecule has 1 aliphatic heterocycles. The first-order chi connectivity index (χ1) is 5.56. The van der Waals surface area contributed by atoms with Crippen molar-refractivity contribution in [3.8, 4) is 0 Å². The Morgan fingerprint density at radius 1 is 1.58 bits per heavy atom. The van der Waals surface area contributed by atoms with Crippen LogP contribution in [0.2, 0.25) is 0 Å². The third-order valence-electron chi connectivity index (χ3n) is 1.68. The van der Waals surface area contributed by atoms with Crippen molar-refractivity contribution in [3.05, 3.63) is 0 Å². The van der Waals surface area contributed by atoms with Crippen LogP contribution < -0.4 is 0 Å². The monoisotopic (exact) mass is 185 g/mol. The summed E-state index contributed by atoms with van der Waals surface area (Å²) < 4.78 is 0. The van der Waals surface area contributed by atoms with E-state index in [2.05, 4.69) is 29.1 Å². The first-order valence-corrected chi connectivity index (χ1v) is 5.07. The van der Waals surface area contributed by atoms with Gasteiger partial charge in [0.15, 0.2) is 0 Å². The summed E-state index contributed by atoms with van der Waals surface area (Å²) in [6.07, 6.45) is 0.998. The number of hydrogen-bond donors (Lipinski definition) is 0. The Balaban J connectivity index is 2.64. The second kappa shape index (κ2) is 3.56. The van der Waals surface area contributed by atoms with E-state index in [0.717, 1.165) is 11.6 Å². The highest BCUT2D eigenvalue weighted by atomic mass is 32.2. The minimum absolute atomic E-state index is 0.0618. The number of rotatable bonds is 2. The fourth-order valence-electron chi connectivity index (χ4n) is 0.802. The van der Waals surface area contributed by atoms with Crippen molar-refractivity contribution >= 4 is 16.9 Å². The third-order valence-corrected chi connectivity index (χ3v) is 2.86. The lowest BCUT2D eigenvalue weighted by Crippen LogP contribution is -2.11. The lowest BCUT2D eigenvalue weighted by molar-refractivity contribution is 0.637. The Labute approximate surface area is 77.8 Å². The largest absolute Gasteiger partial charge is 0.256 e. The van der Waals surface area contributed by atoms with Gasteiger partial charge < -0.3 is 0 Å². The average molecular weight is 185 g/mol. The van der Waals surface area contributed by atoms with Gasteiger partial charge in [0.05, 0.1) is 0 Å². The maximum Gasteiger partial charge on any atom is 0.206 e. The Bertz CT molecular complexity index is 222. The van der Waals surface area contributed by atoms with Crippen molar-refractivity contribution in [2.24, 2.45) is 15.2 Å². The maximum atomic E-state index is 4.34. The molecular formula is C8H15N3S. The molecule has 4 heteroatoms. The number of thioether (sulfide) groups is 1. The van der Waals surface area contributed by atoms with Crippen LogP contribution in [0.3, 0.4) is 0 Å². The number of hydrogen-bond acceptors (Lipinski definition) is 3. The van der Waals surface area contributed by atoms with Gasteiger partial charge in [0.25, 0.3) is 0 Å². The molecule has 0 N–H and O–H groups in total. The fourth-order valence-corrected chi connectivity index (χ4v) is 1.77. The van der Waals surface area contributed by atoms with Gasteiger partial charge in [-0.05, 0) is 27.2 Å². The second-order valence-corrected chi connectivity index (χ2v) is 4.78. The molecule has 1 rings (SSSR count). The standard InChI is InChI=1S/C8H15N3S/c1-5-8(4)11-10-7(12-8)9-6(2)3/h6H,5H2,1-4H3/t8-/m1/s1. The Morgan fingerprint density at radius 3 is 2.67 bits per heavy atom. The van der Waals surface area contributed by atoms with E-state index < -0.39 is 0 Å². The summed E-state index contributed by atoms with van der Waals surface area (Å²) >= 11 is 1.66. The molecule has 1 atom stereocenters. The molecule has 0 fully saturated rings. The van der Waals surface area contributed by atoms with Gasteiger partial charge in [-0.25, -0.2) is 0 Å². The molecule has 0 saturated carbocycles. The van der Waals surface area contributed by atoms with E-state index in [-0.39, 0.29) is 4.87 Å². The van der Waals surface area contributed by atoms with Crippen LogP contribution in [0, 0.1) is 0 Å². The minimum Gasteiger partial charge on any atom is -0.256 e. The fraction of sp³-hybridized carbons (Fsp3) is 0.875. The molecule has 0 spiro atoms. The molecule has 0 bridgehead atoms. The van der Waals surface area contributed by atoms with Gasteiger partial charge >= 0.3 is 0 Å². The summed E-state index contributed by atoms with van der Waals surface area (Å²) in [4.78, 5) is 4.28. The number of azo groups is 1. The van der Waals surface area contributed by atoms with E-state index in [9.17, 15) is 0 Å². The van der Waals surface area contributed by atoms with Gasteiger partial charge in [-0.1, -0.05) is 18.7 Å². The molecule has 0 aromatic heterocycles. The molecule has 0 radical (unpaired) electrons. The van der Waals surface area contributed by atoms with Crippen molar-refractivity contribution in [2.45, 2.75) is 45.0 Å². The normalized spacial score (nSPS) is 32.2. The zero-order valence-corrected chi connectivity index (χ0v) is 8.85. The molecule has 1 heterocycles. The zero-order valence-electron chi connectivity index (χ0n) is 8.03. The molecule has 0 unspecified atom stereocenters. The van der Waals surface area contributed by atoms with Crippen LogP contribution in [0.25, 0.3) is 0 Å². The number of nitrogens with zero attached hydrogens (tertiary/aromatic N) is 3. The van der Waals surface area contributed by atoms with Crippen LogP contribution in [0.15, 0.2) is 15.2 Å². The number of aliphatic imine (C=N–C) groups is 1. The summed E-state index contributed by atoms with van der Waals surface area (Å²) in [6.45, 7) is 8.30. The topological polar surface area (TPSA) is 37.1 Å². The highest BCUT2D eigenvalue weighted by Gasteiger charge is 2.30. The van der Waals surface area contributed by atoms with E-state index in [4.69, 9.17) is 0 Å². The van der Waals surface area contributed by atoms with Crippen molar-refractivity contribution in [1.82, 2.24) is 0 Å². The quantitative estimate of drug-likeness (QED) is 0.651. The maximum absolute atomic E-state index is 4.34. The van der Waals surface area contributed by atoms with Crippen LogP contribution in [0.5, 0.6) is 0 Å². The summed E-state index contributed by atoms with van der Waals surface area (Å²) in [5.74, 6) is 0. The van der Waals surface area contributed by atoms with E-state index >= 15 is 0 Å².